The Labute approximate surface area is 188 Å². The first-order valence-corrected chi connectivity index (χ1v) is 10.6. The number of rotatable bonds is 3. The van der Waals surface area contributed by atoms with Gasteiger partial charge in [-0.25, -0.2) is 13.5 Å². The number of piperazine rings is 1. The van der Waals surface area contributed by atoms with Crippen LogP contribution in [0.3, 0.4) is 0 Å². The fourth-order valence-electron chi connectivity index (χ4n) is 4.14. The van der Waals surface area contributed by atoms with E-state index in [0.717, 1.165) is 23.8 Å². The first-order chi connectivity index (χ1) is 16.0. The molecule has 170 valence electrons. The van der Waals surface area contributed by atoms with Gasteiger partial charge in [-0.1, -0.05) is 35.5 Å². The highest BCUT2D eigenvalue weighted by atomic mass is 19.1. The minimum Gasteiger partial charge on any atom is -0.365 e. The molecule has 0 aliphatic carbocycles. The smallest absolute Gasteiger partial charge is 0.276 e. The van der Waals surface area contributed by atoms with Crippen molar-refractivity contribution in [2.45, 2.75) is 19.3 Å². The summed E-state index contributed by atoms with van der Waals surface area (Å²) >= 11 is 0. The third-order valence-electron chi connectivity index (χ3n) is 5.98. The maximum Gasteiger partial charge on any atom is 0.276 e. The van der Waals surface area contributed by atoms with E-state index in [0.29, 0.717) is 12.2 Å². The largest absolute Gasteiger partial charge is 0.365 e. The number of aromatic nitrogens is 3. The molecule has 3 heterocycles. The van der Waals surface area contributed by atoms with Crippen LogP contribution in [0.25, 0.3) is 0 Å². The Morgan fingerprint density at radius 2 is 1.64 bits per heavy atom. The zero-order chi connectivity index (χ0) is 22.9. The molecule has 1 saturated heterocycles. The van der Waals surface area contributed by atoms with Gasteiger partial charge in [-0.05, 0) is 23.8 Å². The summed E-state index contributed by atoms with van der Waals surface area (Å²) in [6.45, 7) is 1.59. The van der Waals surface area contributed by atoms with E-state index in [1.165, 1.54) is 4.90 Å². The van der Waals surface area contributed by atoms with E-state index in [1.807, 2.05) is 30.3 Å². The molecular weight excluding hydrogens is 432 g/mol. The van der Waals surface area contributed by atoms with E-state index in [4.69, 9.17) is 4.74 Å². The Kier molecular flexibility index (Phi) is 5.59. The van der Waals surface area contributed by atoms with Gasteiger partial charge in [0.05, 0.1) is 24.4 Å². The van der Waals surface area contributed by atoms with Crippen molar-refractivity contribution in [2.75, 3.05) is 26.2 Å². The number of nitrogens with zero attached hydrogens (tertiary/aromatic N) is 5. The van der Waals surface area contributed by atoms with E-state index in [2.05, 4.69) is 10.3 Å². The predicted octanol–water partition coefficient (Wildman–Crippen LogP) is 2.43. The van der Waals surface area contributed by atoms with Crippen molar-refractivity contribution in [2.24, 2.45) is 0 Å². The Bertz CT molecular complexity index is 1190. The summed E-state index contributed by atoms with van der Waals surface area (Å²) in [5.74, 6) is -2.34. The molecule has 1 fully saturated rings. The van der Waals surface area contributed by atoms with Crippen LogP contribution in [0, 0.1) is 11.6 Å². The number of halogens is 2. The Morgan fingerprint density at radius 1 is 0.939 bits per heavy atom. The molecular formula is C23H21F2N5O3. The minimum atomic E-state index is -0.774. The maximum absolute atomic E-state index is 14.0. The van der Waals surface area contributed by atoms with Crippen LogP contribution in [0.15, 0.2) is 48.5 Å². The van der Waals surface area contributed by atoms with Crippen molar-refractivity contribution in [3.8, 4) is 0 Å². The van der Waals surface area contributed by atoms with Crippen LogP contribution < -0.4 is 0 Å². The van der Waals surface area contributed by atoms with Crippen molar-refractivity contribution in [1.82, 2.24) is 24.8 Å². The average Bonchev–Trinajstić information content (AvgIpc) is 3.28. The van der Waals surface area contributed by atoms with Crippen molar-refractivity contribution in [3.05, 3.63) is 82.7 Å². The molecule has 33 heavy (non-hydrogen) atoms. The Balaban J connectivity index is 1.24. The predicted molar refractivity (Wildman–Crippen MR) is 112 cm³/mol. The molecule has 2 aliphatic heterocycles. The first-order valence-electron chi connectivity index (χ1n) is 10.6. The highest BCUT2D eigenvalue weighted by Gasteiger charge is 2.32. The van der Waals surface area contributed by atoms with Gasteiger partial charge in [-0.2, -0.15) is 0 Å². The van der Waals surface area contributed by atoms with Crippen LogP contribution in [0.4, 0.5) is 8.78 Å². The van der Waals surface area contributed by atoms with Crippen LogP contribution in [0.2, 0.25) is 0 Å². The lowest BCUT2D eigenvalue weighted by Gasteiger charge is -2.34. The fourth-order valence-corrected chi connectivity index (χ4v) is 4.14. The lowest BCUT2D eigenvalue weighted by atomic mass is 10.1. The molecule has 2 aliphatic rings. The Hall–Kier alpha value is -3.66. The van der Waals surface area contributed by atoms with Crippen LogP contribution >= 0.6 is 0 Å². The van der Waals surface area contributed by atoms with Gasteiger partial charge in [0.2, 0.25) is 0 Å². The zero-order valence-electron chi connectivity index (χ0n) is 17.7. The van der Waals surface area contributed by atoms with Crippen molar-refractivity contribution in [1.29, 1.82) is 0 Å². The summed E-state index contributed by atoms with van der Waals surface area (Å²) in [4.78, 5) is 28.7. The molecule has 10 heteroatoms. The first kappa shape index (κ1) is 21.2. The Morgan fingerprint density at radius 3 is 2.36 bits per heavy atom. The number of ether oxygens (including phenoxy) is 1. The summed E-state index contributed by atoms with van der Waals surface area (Å²) < 4.78 is 35.0. The summed E-state index contributed by atoms with van der Waals surface area (Å²) in [6.07, 6.45) is -0.166. The van der Waals surface area contributed by atoms with Crippen molar-refractivity contribution >= 4 is 11.8 Å². The van der Waals surface area contributed by atoms with Gasteiger partial charge in [0.25, 0.3) is 11.8 Å². The normalized spacial score (nSPS) is 18.2. The zero-order valence-corrected chi connectivity index (χ0v) is 17.7. The van der Waals surface area contributed by atoms with Gasteiger partial charge >= 0.3 is 0 Å². The highest BCUT2D eigenvalue weighted by Crippen LogP contribution is 2.27. The quantitative estimate of drug-likeness (QED) is 0.609. The number of carbonyl (C=O) groups is 2. The van der Waals surface area contributed by atoms with Gasteiger partial charge < -0.3 is 14.5 Å². The SMILES string of the molecule is O=C(c1cc(F)ccc1F)N1CCN(C(=O)c2nnn3c2CO[C@@H](c2ccccc2)C3)CC1. The molecule has 0 bridgehead atoms. The maximum atomic E-state index is 14.0. The molecule has 3 aromatic rings. The van der Waals surface area contributed by atoms with Gasteiger partial charge in [-0.3, -0.25) is 9.59 Å². The molecule has 0 unspecified atom stereocenters. The molecule has 0 saturated carbocycles. The second-order valence-corrected chi connectivity index (χ2v) is 7.99. The molecule has 2 aromatic carbocycles. The van der Waals surface area contributed by atoms with E-state index in [-0.39, 0.29) is 56.1 Å². The number of carbonyl (C=O) groups excluding carboxylic acids is 2. The second-order valence-electron chi connectivity index (χ2n) is 7.99. The molecule has 2 amide bonds. The monoisotopic (exact) mass is 453 g/mol. The second kappa shape index (κ2) is 8.70. The molecule has 1 aromatic heterocycles. The number of hydrogen-bond donors (Lipinski definition) is 0. The summed E-state index contributed by atoms with van der Waals surface area (Å²) in [7, 11) is 0. The standard InChI is InChI=1S/C23H21F2N5O3/c24-16-6-7-18(25)17(12-16)22(31)28-8-10-29(11-9-28)23(32)21-19-14-33-20(13-30(19)27-26-21)15-4-2-1-3-5-15/h1-7,12,20H,8-11,13-14H2/t20-/m1/s1. The van der Waals surface area contributed by atoms with E-state index < -0.39 is 17.5 Å². The minimum absolute atomic E-state index is 0.166. The average molecular weight is 453 g/mol. The topological polar surface area (TPSA) is 80.6 Å². The fraction of sp³-hybridized carbons (Fsp3) is 0.304. The summed E-state index contributed by atoms with van der Waals surface area (Å²) in [5, 5.41) is 8.24. The van der Waals surface area contributed by atoms with Crippen molar-refractivity contribution in [3.63, 3.8) is 0 Å². The molecule has 5 rings (SSSR count). The lowest BCUT2D eigenvalue weighted by Crippen LogP contribution is -2.51. The van der Waals surface area contributed by atoms with Gasteiger partial charge in [-0.15, -0.1) is 5.10 Å². The third-order valence-corrected chi connectivity index (χ3v) is 5.98. The van der Waals surface area contributed by atoms with Crippen molar-refractivity contribution < 1.29 is 23.1 Å². The van der Waals surface area contributed by atoms with Gasteiger partial charge in [0.1, 0.15) is 17.7 Å². The molecule has 8 nitrogen and oxygen atoms in total. The number of fused-ring (bicyclic) bond motifs is 1. The lowest BCUT2D eigenvalue weighted by molar-refractivity contribution is -0.00202. The summed E-state index contributed by atoms with van der Waals surface area (Å²) in [6, 6.07) is 12.6. The van der Waals surface area contributed by atoms with Crippen LogP contribution in [0.1, 0.15) is 38.2 Å². The van der Waals surface area contributed by atoms with Gasteiger partial charge in [0.15, 0.2) is 5.69 Å². The van der Waals surface area contributed by atoms with Crippen LogP contribution in [0.5, 0.6) is 0 Å². The number of benzene rings is 2. The molecule has 0 N–H and O–H groups in total. The van der Waals surface area contributed by atoms with E-state index in [9.17, 15) is 18.4 Å². The molecule has 0 spiro atoms. The molecule has 0 radical (unpaired) electrons. The third kappa shape index (κ3) is 4.09. The molecule has 1 atom stereocenters. The van der Waals surface area contributed by atoms with Crippen LogP contribution in [-0.4, -0.2) is 62.8 Å². The number of hydrogen-bond acceptors (Lipinski definition) is 5. The number of amides is 2. The van der Waals surface area contributed by atoms with E-state index >= 15 is 0 Å². The van der Waals surface area contributed by atoms with Crippen LogP contribution in [-0.2, 0) is 17.9 Å². The highest BCUT2D eigenvalue weighted by molar-refractivity contribution is 5.95. The van der Waals surface area contributed by atoms with E-state index in [1.54, 1.807) is 9.58 Å². The summed E-state index contributed by atoms with van der Waals surface area (Å²) in [5.41, 5.74) is 1.57. The van der Waals surface area contributed by atoms with Gasteiger partial charge in [0, 0.05) is 26.2 Å².